The van der Waals surface area contributed by atoms with Gasteiger partial charge in [-0.3, -0.25) is 4.79 Å². The molecule has 0 radical (unpaired) electrons. The van der Waals surface area contributed by atoms with Gasteiger partial charge in [-0.25, -0.2) is 4.79 Å². The monoisotopic (exact) mass is 145 g/mol. The molecule has 56 valence electrons. The Balaban J connectivity index is 3.95. The van der Waals surface area contributed by atoms with Gasteiger partial charge in [0.05, 0.1) is 6.42 Å². The molecule has 0 aliphatic heterocycles. The number of hydrogen-bond acceptors (Lipinski definition) is 3. The summed E-state index contributed by atoms with van der Waals surface area (Å²) in [6.45, 7) is 0. The minimum Gasteiger partial charge on any atom is -0.481 e. The second kappa shape index (κ2) is 3.49. The predicted molar refractivity (Wildman–Crippen MR) is 32.2 cm³/mol. The van der Waals surface area contributed by atoms with E-state index in [-0.39, 0.29) is 5.70 Å². The number of carboxylic acid groups (broad SMARTS) is 2. The van der Waals surface area contributed by atoms with Crippen molar-refractivity contribution in [1.82, 2.24) is 0 Å². The Labute approximate surface area is 56.8 Å². The Morgan fingerprint density at radius 2 is 1.90 bits per heavy atom. The fourth-order valence-corrected chi connectivity index (χ4v) is 0.384. The van der Waals surface area contributed by atoms with E-state index in [2.05, 4.69) is 0 Å². The fourth-order valence-electron chi connectivity index (χ4n) is 0.384. The van der Waals surface area contributed by atoms with Crippen molar-refractivity contribution in [3.8, 4) is 0 Å². The highest BCUT2D eigenvalue weighted by atomic mass is 16.4. The van der Waals surface area contributed by atoms with Crippen molar-refractivity contribution < 1.29 is 19.8 Å². The highest BCUT2D eigenvalue weighted by Crippen LogP contribution is 1.90. The van der Waals surface area contributed by atoms with E-state index in [1.165, 1.54) is 0 Å². The fraction of sp³-hybridized carbons (Fsp3) is 0.200. The van der Waals surface area contributed by atoms with Gasteiger partial charge in [0, 0.05) is 11.8 Å². The van der Waals surface area contributed by atoms with Crippen molar-refractivity contribution in [3.63, 3.8) is 0 Å². The van der Waals surface area contributed by atoms with Crippen LogP contribution in [-0.4, -0.2) is 22.2 Å². The Morgan fingerprint density at radius 3 is 2.20 bits per heavy atom. The topological polar surface area (TPSA) is 101 Å². The summed E-state index contributed by atoms with van der Waals surface area (Å²) in [4.78, 5) is 19.7. The van der Waals surface area contributed by atoms with Crippen LogP contribution < -0.4 is 5.73 Å². The van der Waals surface area contributed by atoms with Gasteiger partial charge in [-0.2, -0.15) is 0 Å². The summed E-state index contributed by atoms with van der Waals surface area (Å²) in [5.41, 5.74) is 4.81. The first-order valence-corrected chi connectivity index (χ1v) is 2.43. The van der Waals surface area contributed by atoms with E-state index in [0.717, 1.165) is 0 Å². The first-order valence-electron chi connectivity index (χ1n) is 2.43. The molecule has 0 bridgehead atoms. The SMILES string of the molecule is N/C(=C\C(=O)O)CC(=O)O. The quantitative estimate of drug-likeness (QED) is 0.460. The van der Waals surface area contributed by atoms with E-state index >= 15 is 0 Å². The minimum absolute atomic E-state index is 0.167. The lowest BCUT2D eigenvalue weighted by molar-refractivity contribution is -0.136. The third kappa shape index (κ3) is 4.63. The van der Waals surface area contributed by atoms with Crippen molar-refractivity contribution in [3.05, 3.63) is 11.8 Å². The molecule has 4 N–H and O–H groups in total. The zero-order valence-electron chi connectivity index (χ0n) is 5.07. The van der Waals surface area contributed by atoms with Crippen molar-refractivity contribution in [1.29, 1.82) is 0 Å². The predicted octanol–water partition coefficient (Wildman–Crippen LogP) is -0.612. The van der Waals surface area contributed by atoms with Gasteiger partial charge < -0.3 is 15.9 Å². The van der Waals surface area contributed by atoms with Crippen LogP contribution >= 0.6 is 0 Å². The van der Waals surface area contributed by atoms with Gasteiger partial charge in [0.25, 0.3) is 0 Å². The standard InChI is InChI=1S/C5H7NO4/c6-3(1-4(7)8)2-5(9)10/h1H,2,6H2,(H,7,8)(H,9,10)/b3-1-. The molecule has 10 heavy (non-hydrogen) atoms. The maximum absolute atomic E-state index is 9.88. The van der Waals surface area contributed by atoms with Gasteiger partial charge in [-0.05, 0) is 0 Å². The lowest BCUT2D eigenvalue weighted by atomic mass is 10.3. The van der Waals surface area contributed by atoms with E-state index in [1.807, 2.05) is 0 Å². The number of hydrogen-bond donors (Lipinski definition) is 3. The normalized spacial score (nSPS) is 11.0. The molecule has 0 fully saturated rings. The first-order chi connectivity index (χ1) is 4.52. The largest absolute Gasteiger partial charge is 0.481 e. The van der Waals surface area contributed by atoms with E-state index in [9.17, 15) is 9.59 Å². The van der Waals surface area contributed by atoms with Gasteiger partial charge in [0.1, 0.15) is 0 Å². The molecule has 0 rings (SSSR count). The molecule has 0 aliphatic rings. The molecule has 0 saturated carbocycles. The van der Waals surface area contributed by atoms with Crippen LogP contribution in [-0.2, 0) is 9.59 Å². The Morgan fingerprint density at radius 1 is 1.40 bits per heavy atom. The van der Waals surface area contributed by atoms with Crippen molar-refractivity contribution in [2.24, 2.45) is 5.73 Å². The van der Waals surface area contributed by atoms with E-state index in [4.69, 9.17) is 15.9 Å². The summed E-state index contributed by atoms with van der Waals surface area (Å²) < 4.78 is 0. The molecular formula is C5H7NO4. The molecule has 0 aromatic rings. The smallest absolute Gasteiger partial charge is 0.330 e. The number of carboxylic acids is 2. The van der Waals surface area contributed by atoms with Gasteiger partial charge in [-0.1, -0.05) is 0 Å². The van der Waals surface area contributed by atoms with Crippen LogP contribution in [0.2, 0.25) is 0 Å². The van der Waals surface area contributed by atoms with E-state index in [1.54, 1.807) is 0 Å². The van der Waals surface area contributed by atoms with Crippen LogP contribution in [0.4, 0.5) is 0 Å². The van der Waals surface area contributed by atoms with Gasteiger partial charge >= 0.3 is 11.9 Å². The second-order valence-electron chi connectivity index (χ2n) is 1.63. The zero-order chi connectivity index (χ0) is 8.15. The van der Waals surface area contributed by atoms with E-state index < -0.39 is 18.4 Å². The molecule has 0 heterocycles. The molecule has 0 unspecified atom stereocenters. The summed E-state index contributed by atoms with van der Waals surface area (Å²) in [5, 5.41) is 16.1. The molecule has 0 aromatic carbocycles. The third-order valence-electron chi connectivity index (χ3n) is 0.664. The summed E-state index contributed by atoms with van der Waals surface area (Å²) in [5.74, 6) is -2.38. The van der Waals surface area contributed by atoms with Crippen LogP contribution in [0, 0.1) is 0 Å². The van der Waals surface area contributed by atoms with Crippen LogP contribution in [0.3, 0.4) is 0 Å². The highest BCUT2D eigenvalue weighted by molar-refractivity contribution is 5.82. The molecule has 5 nitrogen and oxygen atoms in total. The third-order valence-corrected chi connectivity index (χ3v) is 0.664. The summed E-state index contributed by atoms with van der Waals surface area (Å²) in [6, 6.07) is 0. The van der Waals surface area contributed by atoms with Gasteiger partial charge in [0.15, 0.2) is 0 Å². The Kier molecular flexibility index (Phi) is 2.96. The summed E-state index contributed by atoms with van der Waals surface area (Å²) >= 11 is 0. The first kappa shape index (κ1) is 8.48. The minimum atomic E-state index is -1.24. The van der Waals surface area contributed by atoms with Crippen LogP contribution in [0.5, 0.6) is 0 Å². The van der Waals surface area contributed by atoms with Crippen molar-refractivity contribution >= 4 is 11.9 Å². The average molecular weight is 145 g/mol. The van der Waals surface area contributed by atoms with Gasteiger partial charge in [-0.15, -0.1) is 0 Å². The second-order valence-corrected chi connectivity index (χ2v) is 1.63. The zero-order valence-corrected chi connectivity index (χ0v) is 5.07. The summed E-state index contributed by atoms with van der Waals surface area (Å²) in [7, 11) is 0. The number of nitrogens with two attached hydrogens (primary N) is 1. The molecule has 0 atom stereocenters. The maximum Gasteiger partial charge on any atom is 0.330 e. The van der Waals surface area contributed by atoms with E-state index in [0.29, 0.717) is 6.08 Å². The molecule has 0 spiro atoms. The number of aliphatic carboxylic acids is 2. The summed E-state index contributed by atoms with van der Waals surface area (Å²) in [6.07, 6.45) is 0.223. The Bertz CT molecular complexity index is 184. The van der Waals surface area contributed by atoms with Crippen LogP contribution in [0.1, 0.15) is 6.42 Å². The molecular weight excluding hydrogens is 138 g/mol. The Hall–Kier alpha value is -1.52. The maximum atomic E-state index is 9.88. The van der Waals surface area contributed by atoms with Gasteiger partial charge in [0.2, 0.25) is 0 Å². The molecule has 0 amide bonds. The molecule has 0 aliphatic carbocycles. The van der Waals surface area contributed by atoms with Crippen molar-refractivity contribution in [2.45, 2.75) is 6.42 Å². The number of rotatable bonds is 3. The van der Waals surface area contributed by atoms with Crippen molar-refractivity contribution in [2.75, 3.05) is 0 Å². The lowest BCUT2D eigenvalue weighted by Crippen LogP contribution is -2.07. The molecule has 0 saturated heterocycles. The van der Waals surface area contributed by atoms with Crippen LogP contribution in [0.25, 0.3) is 0 Å². The number of carbonyl (C=O) groups is 2. The highest BCUT2D eigenvalue weighted by Gasteiger charge is 2.00. The molecule has 0 aromatic heterocycles. The average Bonchev–Trinajstić information content (AvgIpc) is 1.58. The lowest BCUT2D eigenvalue weighted by Gasteiger charge is -1.91. The van der Waals surface area contributed by atoms with Crippen LogP contribution in [0.15, 0.2) is 11.8 Å². The molecule has 5 heteroatoms.